The number of halogens is 1. The summed E-state index contributed by atoms with van der Waals surface area (Å²) in [6, 6.07) is 75.5. The predicted octanol–water partition coefficient (Wildman–Crippen LogP) is 17.2. The smallest absolute Gasteiger partial charge is 0.249 e. The Bertz CT molecular complexity index is 7740. The van der Waals surface area contributed by atoms with Crippen LogP contribution in [0.2, 0.25) is 0 Å². The number of methoxy groups -OCH3 is 9. The van der Waals surface area contributed by atoms with E-state index in [9.17, 15) is 0 Å². The number of aryl methyl sites for hydroxylation is 2. The molecule has 21 rings (SSSR count). The molecule has 41 nitrogen and oxygen atoms in total. The Morgan fingerprint density at radius 3 is 1.09 bits per heavy atom. The zero-order chi connectivity index (χ0) is 96.2. The molecule has 21 aromatic rings. The van der Waals surface area contributed by atoms with Gasteiger partial charge in [0.1, 0.15) is 17.2 Å². The number of ether oxygens (including phenoxy) is 9. The van der Waals surface area contributed by atoms with Crippen LogP contribution in [0.5, 0.6) is 51.7 Å². The van der Waals surface area contributed by atoms with E-state index in [0.29, 0.717) is 133 Å². The third-order valence-electron chi connectivity index (χ3n) is 20.8. The highest BCUT2D eigenvalue weighted by molar-refractivity contribution is 9.10. The van der Waals surface area contributed by atoms with Crippen molar-refractivity contribution < 1.29 is 42.6 Å². The first-order valence-corrected chi connectivity index (χ1v) is 45.1. The van der Waals surface area contributed by atoms with Gasteiger partial charge >= 0.3 is 0 Å². The highest BCUT2D eigenvalue weighted by Gasteiger charge is 2.25. The number of benzene rings is 11. The lowest BCUT2D eigenvalue weighted by molar-refractivity contribution is 0.324. The maximum absolute atomic E-state index is 6.30. The normalized spacial score (nSPS) is 10.9. The van der Waals surface area contributed by atoms with Gasteiger partial charge in [0.25, 0.3) is 0 Å². The standard InChI is InChI=1S/C25H25N7O3.C19H21N7O3.C17H16N6O2S.C17H16N6OS.C15H11BrN6S/c1-33-20-13-17(14-21(34-2)22(20)35-3)27-24-29-23(26)32(30-24)25-28-18-11-7-8-12-19(18)31(25)15-16-9-5-4-6-10-16;1-25-13-8-6-5-7-12(13)22-19(25)26-17(20)23-18(24-26)21-11-9-14(27-2)16(29-4)15(10-11)28-3;1-24-10-7-8-13(25-2)12(9-10)19-16-21-15(18)23(22-16)17-20-11-5-3-4-6-14(11)26-17;1-10-7-8-11(24-2)9-13(10)19-16-21-15(18)23(22-16)17-20-12-5-3-4-6-14(12)25-17;16-9-5-7-10(8-6-9)18-14-20-13(17)22(21-14)15-19-11-3-1-2-4-12(11)23-15/h4-14H,15H2,1-3H3,(H3,26,27,29,30);5-10H,1-4H3,(H3,20,21,23,24);3-9H,1-2H3,(H3,18,19,21,22);3-9H,1-2H3,(H3,18,19,21,22);1-8H,(H3,17,18,20,21). The first kappa shape index (κ1) is 92.3. The second-order valence-electron chi connectivity index (χ2n) is 29.6. The van der Waals surface area contributed by atoms with Gasteiger partial charge < -0.3 is 107 Å². The van der Waals surface area contributed by atoms with Gasteiger partial charge in [0.15, 0.2) is 23.0 Å². The lowest BCUT2D eigenvalue weighted by Crippen LogP contribution is -2.11. The Morgan fingerprint density at radius 2 is 0.667 bits per heavy atom. The molecule has 45 heteroatoms. The number of imidazole rings is 2. The van der Waals surface area contributed by atoms with Crippen LogP contribution in [-0.2, 0) is 13.6 Å². The minimum absolute atomic E-state index is 0.199. The Kier molecular flexibility index (Phi) is 27.6. The number of nitrogens with one attached hydrogen (secondary N) is 5. The summed E-state index contributed by atoms with van der Waals surface area (Å²) in [5.74, 6) is 9.26. The predicted molar refractivity (Wildman–Crippen MR) is 542 cm³/mol. The van der Waals surface area contributed by atoms with Gasteiger partial charge in [0.05, 0.1) is 129 Å². The lowest BCUT2D eigenvalue weighted by Gasteiger charge is -2.14. The molecule has 0 radical (unpaired) electrons. The maximum Gasteiger partial charge on any atom is 0.249 e. The van der Waals surface area contributed by atoms with E-state index in [2.05, 4.69) is 130 Å². The van der Waals surface area contributed by atoms with Crippen LogP contribution in [0.15, 0.2) is 241 Å². The molecule has 0 amide bonds. The van der Waals surface area contributed by atoms with Crippen molar-refractivity contribution in [2.75, 3.05) is 119 Å². The number of fused-ring (bicyclic) bond motifs is 5. The summed E-state index contributed by atoms with van der Waals surface area (Å²) in [5, 5.41) is 40.1. The first-order valence-electron chi connectivity index (χ1n) is 41.9. The maximum atomic E-state index is 6.30. The number of aromatic nitrogens is 22. The highest BCUT2D eigenvalue weighted by atomic mass is 79.9. The molecule has 700 valence electrons. The van der Waals surface area contributed by atoms with Crippen molar-refractivity contribution in [2.24, 2.45) is 7.05 Å². The Balaban J connectivity index is 0.000000120. The van der Waals surface area contributed by atoms with Crippen LogP contribution in [0.25, 0.3) is 80.0 Å². The van der Waals surface area contributed by atoms with E-state index in [4.69, 9.17) is 76.3 Å². The highest BCUT2D eigenvalue weighted by Crippen LogP contribution is 2.43. The molecule has 0 unspecified atom stereocenters. The molecule has 0 fully saturated rings. The van der Waals surface area contributed by atoms with Gasteiger partial charge in [0.2, 0.25) is 98.3 Å². The van der Waals surface area contributed by atoms with Crippen LogP contribution in [0.4, 0.5) is 87.9 Å². The molecule has 0 aliphatic rings. The van der Waals surface area contributed by atoms with Crippen molar-refractivity contribution >= 4 is 191 Å². The van der Waals surface area contributed by atoms with Crippen molar-refractivity contribution in [2.45, 2.75) is 13.5 Å². The van der Waals surface area contributed by atoms with Gasteiger partial charge in [-0.15, -0.1) is 25.5 Å². The van der Waals surface area contributed by atoms with Gasteiger partial charge in [0, 0.05) is 70.7 Å². The van der Waals surface area contributed by atoms with Crippen LogP contribution >= 0.6 is 49.9 Å². The molecule has 0 spiro atoms. The average molecular weight is 1980 g/mol. The topological polar surface area (TPSA) is 501 Å². The number of nitrogens with zero attached hydrogens (tertiary/aromatic N) is 22. The number of anilines is 15. The van der Waals surface area contributed by atoms with Gasteiger partial charge in [-0.2, -0.15) is 48.3 Å². The van der Waals surface area contributed by atoms with E-state index in [0.717, 1.165) is 85.4 Å². The quantitative estimate of drug-likeness (QED) is 0.0241. The van der Waals surface area contributed by atoms with Crippen molar-refractivity contribution in [1.82, 2.24) is 108 Å². The van der Waals surface area contributed by atoms with Crippen LogP contribution < -0.4 is 97.9 Å². The van der Waals surface area contributed by atoms with Crippen molar-refractivity contribution in [3.05, 3.63) is 252 Å². The summed E-state index contributed by atoms with van der Waals surface area (Å²) in [6.45, 7) is 2.60. The van der Waals surface area contributed by atoms with Gasteiger partial charge in [-0.3, -0.25) is 0 Å². The molecule has 138 heavy (non-hydrogen) atoms. The Hall–Kier alpha value is -17.6. The molecule has 0 atom stereocenters. The van der Waals surface area contributed by atoms with Crippen LogP contribution in [0, 0.1) is 6.92 Å². The molecular weight excluding hydrogens is 1890 g/mol. The van der Waals surface area contributed by atoms with Crippen molar-refractivity contribution in [1.29, 1.82) is 0 Å². The number of nitrogen functional groups attached to an aromatic ring is 5. The van der Waals surface area contributed by atoms with Gasteiger partial charge in [-0.05, 0) is 121 Å². The minimum Gasteiger partial charge on any atom is -0.497 e. The fourth-order valence-corrected chi connectivity index (χ4v) is 17.2. The van der Waals surface area contributed by atoms with E-state index in [1.54, 1.807) is 110 Å². The molecule has 0 bridgehead atoms. The molecule has 0 aliphatic carbocycles. The SMILES string of the molecule is COc1cc(Nc2nc(N)n(-c3nc4ccccc4n3C)n2)cc(OC)c1OC.COc1cc(Nc2nc(N)n(-c3nc4ccccc4n3Cc3ccccc3)n2)cc(OC)c1OC.COc1ccc(C)c(Nc2nc(N)n(-c3nc4ccccc4s3)n2)c1.COc1ccc(OC)c(Nc2nc(N)n(-c3nc4ccccc4s3)n2)c1.Nc1nc(Nc2ccc(Br)cc2)nn1-c1nc2ccccc2s1. The molecule has 15 N–H and O–H groups in total. The second kappa shape index (κ2) is 41.3. The van der Waals surface area contributed by atoms with E-state index < -0.39 is 0 Å². The summed E-state index contributed by atoms with van der Waals surface area (Å²) < 4.78 is 64.0. The molecule has 0 saturated carbocycles. The second-order valence-corrected chi connectivity index (χ2v) is 33.5. The van der Waals surface area contributed by atoms with Gasteiger partial charge in [-0.25, -0.2) is 24.9 Å². The fourth-order valence-electron chi connectivity index (χ4n) is 14.2. The Morgan fingerprint density at radius 1 is 0.312 bits per heavy atom. The van der Waals surface area contributed by atoms with Crippen molar-refractivity contribution in [3.63, 3.8) is 0 Å². The monoisotopic (exact) mass is 1970 g/mol. The zero-order valence-electron chi connectivity index (χ0n) is 75.7. The molecule has 10 heterocycles. The minimum atomic E-state index is 0.199. The number of hydrogen-bond acceptors (Lipinski definition) is 37. The summed E-state index contributed by atoms with van der Waals surface area (Å²) in [4.78, 5) is 44.6. The molecule has 0 aliphatic heterocycles. The third kappa shape index (κ3) is 20.3. The molecule has 11 aromatic carbocycles. The van der Waals surface area contributed by atoms with E-state index >= 15 is 0 Å². The molecule has 10 aromatic heterocycles. The fraction of sp³-hybridized carbons (Fsp3) is 0.129. The van der Waals surface area contributed by atoms with Crippen LogP contribution in [-0.4, -0.2) is 172 Å². The van der Waals surface area contributed by atoms with E-state index in [-0.39, 0.29) is 23.8 Å². The Labute approximate surface area is 806 Å². The van der Waals surface area contributed by atoms with E-state index in [1.807, 2.05) is 207 Å². The largest absolute Gasteiger partial charge is 0.497 e. The van der Waals surface area contributed by atoms with Gasteiger partial charge in [-0.1, -0.05) is 147 Å². The summed E-state index contributed by atoms with van der Waals surface area (Å²) in [7, 11) is 16.1. The number of nitrogens with two attached hydrogens (primary N) is 5. The number of thiazole rings is 3. The number of hydrogen-bond donors (Lipinski definition) is 10. The summed E-state index contributed by atoms with van der Waals surface area (Å²) >= 11 is 7.94. The van der Waals surface area contributed by atoms with E-state index in [1.165, 1.54) is 48.1 Å². The molecule has 0 saturated heterocycles. The van der Waals surface area contributed by atoms with Crippen LogP contribution in [0.1, 0.15) is 11.1 Å². The third-order valence-corrected chi connectivity index (χ3v) is 24.4. The first-order chi connectivity index (χ1) is 67.2. The summed E-state index contributed by atoms with van der Waals surface area (Å²) in [6.07, 6.45) is 0. The average Bonchev–Trinajstić information content (AvgIpc) is 1.60. The van der Waals surface area contributed by atoms with Crippen LogP contribution in [0.3, 0.4) is 0 Å². The number of rotatable bonds is 26. The zero-order valence-corrected chi connectivity index (χ0v) is 79.8. The number of para-hydroxylation sites is 7. The summed E-state index contributed by atoms with van der Waals surface area (Å²) in [5.41, 5.74) is 42.7. The lowest BCUT2D eigenvalue weighted by atomic mass is 10.2. The van der Waals surface area contributed by atoms with Crippen molar-refractivity contribution in [3.8, 4) is 79.0 Å². The molecular formula is C93H89BrN32O9S3.